The van der Waals surface area contributed by atoms with Crippen LogP contribution in [0.15, 0.2) is 0 Å². The molecule has 0 fully saturated rings. The van der Waals surface area contributed by atoms with Crippen LogP contribution in [0.1, 0.15) is 41.9 Å². The van der Waals surface area contributed by atoms with Gasteiger partial charge in [-0.05, 0) is 25.2 Å². The summed E-state index contributed by atoms with van der Waals surface area (Å²) in [4.78, 5) is 6.32. The smallest absolute Gasteiger partial charge is 0.110 e. The first-order chi connectivity index (χ1) is 8.22. The van der Waals surface area contributed by atoms with Crippen LogP contribution in [-0.4, -0.2) is 25.2 Å². The molecule has 0 bridgehead atoms. The van der Waals surface area contributed by atoms with Crippen molar-refractivity contribution in [3.05, 3.63) is 15.6 Å². The fourth-order valence-electron chi connectivity index (χ4n) is 2.27. The van der Waals surface area contributed by atoms with Gasteiger partial charge in [0.05, 0.1) is 18.3 Å². The molecule has 17 heavy (non-hydrogen) atoms. The number of thiazole rings is 1. The molecule has 1 aromatic rings. The highest BCUT2D eigenvalue weighted by Gasteiger charge is 2.23. The molecule has 0 saturated heterocycles. The van der Waals surface area contributed by atoms with Crippen LogP contribution in [0.3, 0.4) is 0 Å². The lowest BCUT2D eigenvalue weighted by atomic mass is 10.1. The minimum absolute atomic E-state index is 0.376. The van der Waals surface area contributed by atoms with E-state index in [0.29, 0.717) is 12.0 Å². The lowest BCUT2D eigenvalue weighted by molar-refractivity contribution is 0.192. The molecule has 1 aromatic heterocycles. The Kier molecular flexibility index (Phi) is 4.54. The summed E-state index contributed by atoms with van der Waals surface area (Å²) in [6, 6.07) is 0.376. The average molecular weight is 254 g/mol. The quantitative estimate of drug-likeness (QED) is 0.792. The van der Waals surface area contributed by atoms with E-state index in [1.165, 1.54) is 34.8 Å². The summed E-state index contributed by atoms with van der Waals surface area (Å²) in [6.07, 6.45) is 3.70. The molecule has 96 valence electrons. The third kappa shape index (κ3) is 3.06. The van der Waals surface area contributed by atoms with E-state index in [4.69, 9.17) is 9.72 Å². The van der Waals surface area contributed by atoms with Gasteiger partial charge >= 0.3 is 0 Å². The topological polar surface area (TPSA) is 34.1 Å². The SMILES string of the molecule is COCCNC(c1nc2c(s1)CCC2)C(C)C. The molecule has 0 aliphatic heterocycles. The van der Waals surface area contributed by atoms with Crippen LogP contribution in [0, 0.1) is 5.92 Å². The van der Waals surface area contributed by atoms with Crippen molar-refractivity contribution >= 4 is 11.3 Å². The Morgan fingerprint density at radius 1 is 1.41 bits per heavy atom. The number of fused-ring (bicyclic) bond motifs is 1. The van der Waals surface area contributed by atoms with Crippen molar-refractivity contribution in [3.63, 3.8) is 0 Å². The van der Waals surface area contributed by atoms with Crippen molar-refractivity contribution in [3.8, 4) is 0 Å². The lowest BCUT2D eigenvalue weighted by Crippen LogP contribution is -2.28. The van der Waals surface area contributed by atoms with Crippen molar-refractivity contribution in [2.24, 2.45) is 5.92 Å². The highest BCUT2D eigenvalue weighted by Crippen LogP contribution is 2.33. The highest BCUT2D eigenvalue weighted by molar-refractivity contribution is 7.11. The summed E-state index contributed by atoms with van der Waals surface area (Å²) in [6.45, 7) is 6.14. The van der Waals surface area contributed by atoms with E-state index in [1.807, 2.05) is 11.3 Å². The molecular weight excluding hydrogens is 232 g/mol. The van der Waals surface area contributed by atoms with E-state index in [9.17, 15) is 0 Å². The lowest BCUT2D eigenvalue weighted by Gasteiger charge is -2.20. The largest absolute Gasteiger partial charge is 0.383 e. The van der Waals surface area contributed by atoms with Crippen molar-refractivity contribution < 1.29 is 4.74 Å². The van der Waals surface area contributed by atoms with Crippen LogP contribution in [0.4, 0.5) is 0 Å². The standard InChI is InChI=1S/C13H22N2OS/c1-9(2)12(14-7-8-16-3)13-15-10-5-4-6-11(10)17-13/h9,12,14H,4-8H2,1-3H3. The van der Waals surface area contributed by atoms with Gasteiger partial charge in [0.25, 0.3) is 0 Å². The van der Waals surface area contributed by atoms with Gasteiger partial charge < -0.3 is 10.1 Å². The molecule has 0 saturated carbocycles. The zero-order valence-corrected chi connectivity index (χ0v) is 11.8. The summed E-state index contributed by atoms with van der Waals surface area (Å²) in [7, 11) is 1.74. The second-order valence-electron chi connectivity index (χ2n) is 4.94. The Morgan fingerprint density at radius 2 is 2.24 bits per heavy atom. The number of nitrogens with zero attached hydrogens (tertiary/aromatic N) is 1. The molecular formula is C13H22N2OS. The maximum atomic E-state index is 5.09. The van der Waals surface area contributed by atoms with E-state index < -0.39 is 0 Å². The molecule has 0 spiro atoms. The van der Waals surface area contributed by atoms with Crippen LogP contribution in [-0.2, 0) is 17.6 Å². The Bertz CT molecular complexity index is 341. The second-order valence-corrected chi connectivity index (χ2v) is 6.06. The van der Waals surface area contributed by atoms with Gasteiger partial charge in [0.1, 0.15) is 5.01 Å². The van der Waals surface area contributed by atoms with Crippen LogP contribution >= 0.6 is 11.3 Å². The van der Waals surface area contributed by atoms with Gasteiger partial charge in [0, 0.05) is 18.5 Å². The summed E-state index contributed by atoms with van der Waals surface area (Å²) in [5.74, 6) is 0.568. The van der Waals surface area contributed by atoms with Crippen molar-refractivity contribution in [2.75, 3.05) is 20.3 Å². The van der Waals surface area contributed by atoms with Gasteiger partial charge in [0.15, 0.2) is 0 Å². The van der Waals surface area contributed by atoms with E-state index in [0.717, 1.165) is 13.2 Å². The van der Waals surface area contributed by atoms with Gasteiger partial charge in [-0.3, -0.25) is 0 Å². The second kappa shape index (κ2) is 5.94. The summed E-state index contributed by atoms with van der Waals surface area (Å²) in [5, 5.41) is 4.81. The number of rotatable bonds is 6. The van der Waals surface area contributed by atoms with Crippen molar-refractivity contribution in [1.29, 1.82) is 0 Å². The molecule has 1 unspecified atom stereocenters. The Morgan fingerprint density at radius 3 is 2.88 bits per heavy atom. The van der Waals surface area contributed by atoms with Crippen molar-refractivity contribution in [2.45, 2.75) is 39.2 Å². The molecule has 0 aromatic carbocycles. The van der Waals surface area contributed by atoms with Gasteiger partial charge in [-0.25, -0.2) is 4.98 Å². The number of aryl methyl sites for hydroxylation is 2. The number of hydrogen-bond acceptors (Lipinski definition) is 4. The van der Waals surface area contributed by atoms with Gasteiger partial charge in [-0.1, -0.05) is 13.8 Å². The van der Waals surface area contributed by atoms with E-state index in [-0.39, 0.29) is 0 Å². The van der Waals surface area contributed by atoms with Gasteiger partial charge in [-0.15, -0.1) is 11.3 Å². The zero-order valence-electron chi connectivity index (χ0n) is 11.0. The molecule has 3 nitrogen and oxygen atoms in total. The van der Waals surface area contributed by atoms with Crippen LogP contribution in [0.2, 0.25) is 0 Å². The van der Waals surface area contributed by atoms with Crippen LogP contribution in [0.5, 0.6) is 0 Å². The van der Waals surface area contributed by atoms with E-state index in [2.05, 4.69) is 19.2 Å². The third-order valence-corrected chi connectivity index (χ3v) is 4.46. The minimum atomic E-state index is 0.376. The first-order valence-corrected chi connectivity index (χ1v) is 7.24. The van der Waals surface area contributed by atoms with E-state index in [1.54, 1.807) is 7.11 Å². The third-order valence-electron chi connectivity index (χ3n) is 3.22. The zero-order chi connectivity index (χ0) is 12.3. The fourth-order valence-corrected chi connectivity index (χ4v) is 3.67. The summed E-state index contributed by atoms with van der Waals surface area (Å²) < 4.78 is 5.09. The fraction of sp³-hybridized carbons (Fsp3) is 0.769. The maximum Gasteiger partial charge on any atom is 0.110 e. The molecule has 1 atom stereocenters. The first kappa shape index (κ1) is 13.0. The molecule has 0 amide bonds. The normalized spacial score (nSPS) is 16.5. The number of aromatic nitrogens is 1. The maximum absolute atomic E-state index is 5.09. The minimum Gasteiger partial charge on any atom is -0.383 e. The monoisotopic (exact) mass is 254 g/mol. The summed E-state index contributed by atoms with van der Waals surface area (Å²) >= 11 is 1.90. The Hall–Kier alpha value is -0.450. The predicted octanol–water partition coefficient (Wildman–Crippen LogP) is 2.56. The molecule has 1 N–H and O–H groups in total. The Balaban J connectivity index is 2.04. The van der Waals surface area contributed by atoms with Crippen LogP contribution in [0.25, 0.3) is 0 Å². The number of ether oxygens (including phenoxy) is 1. The summed E-state index contributed by atoms with van der Waals surface area (Å²) in [5.41, 5.74) is 1.35. The average Bonchev–Trinajstić information content (AvgIpc) is 2.83. The molecule has 1 heterocycles. The number of nitrogens with one attached hydrogen (secondary N) is 1. The highest BCUT2D eigenvalue weighted by atomic mass is 32.1. The van der Waals surface area contributed by atoms with Gasteiger partial charge in [0.2, 0.25) is 0 Å². The number of hydrogen-bond donors (Lipinski definition) is 1. The molecule has 1 aliphatic rings. The molecule has 1 aliphatic carbocycles. The van der Waals surface area contributed by atoms with Crippen LogP contribution < -0.4 is 5.32 Å². The molecule has 2 rings (SSSR count). The van der Waals surface area contributed by atoms with Crippen molar-refractivity contribution in [1.82, 2.24) is 10.3 Å². The first-order valence-electron chi connectivity index (χ1n) is 6.43. The van der Waals surface area contributed by atoms with E-state index >= 15 is 0 Å². The molecule has 0 radical (unpaired) electrons. The van der Waals surface area contributed by atoms with Gasteiger partial charge in [-0.2, -0.15) is 0 Å². The Labute approximate surface area is 108 Å². The number of methoxy groups -OCH3 is 1. The predicted molar refractivity (Wildman–Crippen MR) is 71.6 cm³/mol. The molecule has 4 heteroatoms.